The van der Waals surface area contributed by atoms with E-state index in [2.05, 4.69) is 10.2 Å². The fourth-order valence-corrected chi connectivity index (χ4v) is 4.24. The summed E-state index contributed by atoms with van der Waals surface area (Å²) >= 11 is 0. The van der Waals surface area contributed by atoms with Crippen molar-refractivity contribution >= 4 is 17.6 Å². The number of nitrogens with one attached hydrogen (secondary N) is 1. The lowest BCUT2D eigenvalue weighted by molar-refractivity contribution is -0.132. The van der Waals surface area contributed by atoms with Crippen LogP contribution in [0.25, 0.3) is 11.4 Å². The van der Waals surface area contributed by atoms with Crippen molar-refractivity contribution in [1.29, 1.82) is 0 Å². The van der Waals surface area contributed by atoms with Crippen molar-refractivity contribution in [3.8, 4) is 11.4 Å². The molecule has 2 aliphatic rings. The Hall–Kier alpha value is -2.96. The van der Waals surface area contributed by atoms with Crippen molar-refractivity contribution in [3.05, 3.63) is 41.6 Å². The third kappa shape index (κ3) is 4.30. The lowest BCUT2D eigenvalue weighted by atomic mass is 9.96. The Morgan fingerprint density at radius 1 is 1.13 bits per heavy atom. The van der Waals surface area contributed by atoms with Gasteiger partial charge >= 0.3 is 0 Å². The van der Waals surface area contributed by atoms with Gasteiger partial charge in [0, 0.05) is 44.0 Å². The molecule has 0 saturated carbocycles. The number of aromatic nitrogens is 2. The normalized spacial score (nSPS) is 18.1. The molecule has 1 aromatic carbocycles. The number of hydrogen-bond donors (Lipinski definition) is 1. The fourth-order valence-electron chi connectivity index (χ4n) is 4.24. The second-order valence-electron chi connectivity index (χ2n) is 8.31. The highest BCUT2D eigenvalue weighted by Gasteiger charge is 2.30. The van der Waals surface area contributed by atoms with E-state index in [-0.39, 0.29) is 24.3 Å². The molecule has 1 atom stereocenters. The fraction of sp³-hybridized carbons (Fsp3) is 0.478. The maximum absolute atomic E-state index is 12.7. The highest BCUT2D eigenvalue weighted by molar-refractivity contribution is 5.86. The minimum atomic E-state index is -0.138. The Morgan fingerprint density at radius 3 is 2.70 bits per heavy atom. The first-order valence-electron chi connectivity index (χ1n) is 10.7. The lowest BCUT2D eigenvalue weighted by Gasteiger charge is -2.34. The van der Waals surface area contributed by atoms with Crippen LogP contribution in [0.15, 0.2) is 30.3 Å². The number of piperidine rings is 1. The molecule has 0 spiro atoms. The third-order valence-electron chi connectivity index (χ3n) is 5.95. The lowest BCUT2D eigenvalue weighted by Crippen LogP contribution is -2.46. The zero-order valence-electron chi connectivity index (χ0n) is 17.7. The smallest absolute Gasteiger partial charge is 0.241 e. The predicted molar refractivity (Wildman–Crippen MR) is 116 cm³/mol. The van der Waals surface area contributed by atoms with Crippen molar-refractivity contribution in [3.63, 3.8) is 0 Å². The summed E-state index contributed by atoms with van der Waals surface area (Å²) in [5, 5.41) is 2.81. The zero-order chi connectivity index (χ0) is 21.1. The zero-order valence-corrected chi connectivity index (χ0v) is 17.7. The van der Waals surface area contributed by atoms with Crippen molar-refractivity contribution in [2.75, 3.05) is 38.6 Å². The highest BCUT2D eigenvalue weighted by Crippen LogP contribution is 2.33. The van der Waals surface area contributed by atoms with Gasteiger partial charge in [0.25, 0.3) is 0 Å². The number of hydrogen-bond acceptors (Lipinski definition) is 5. The minimum Gasteiger partial charge on any atom is -0.355 e. The molecule has 7 heteroatoms. The molecule has 7 nitrogen and oxygen atoms in total. The monoisotopic (exact) mass is 407 g/mol. The summed E-state index contributed by atoms with van der Waals surface area (Å²) in [6.45, 7) is 1.56. The quantitative estimate of drug-likeness (QED) is 0.821. The molecule has 1 saturated heterocycles. The molecule has 158 valence electrons. The van der Waals surface area contributed by atoms with Crippen molar-refractivity contribution in [2.45, 2.75) is 32.1 Å². The summed E-state index contributed by atoms with van der Waals surface area (Å²) in [6, 6.07) is 10.1. The number of carbonyl (C=O) groups excluding carboxylic acids is 2. The Morgan fingerprint density at radius 2 is 1.93 bits per heavy atom. The van der Waals surface area contributed by atoms with Gasteiger partial charge in [-0.1, -0.05) is 30.3 Å². The van der Waals surface area contributed by atoms with Gasteiger partial charge in [0.1, 0.15) is 5.82 Å². The van der Waals surface area contributed by atoms with E-state index in [4.69, 9.17) is 9.97 Å². The number of likely N-dealkylation sites (N-methyl/N-ethyl adjacent to an activating group) is 1. The summed E-state index contributed by atoms with van der Waals surface area (Å²) in [6.07, 6.45) is 4.83. The standard InChI is InChI=1S/C23H29N5O2/c1-27(2)20(29)14-24-23(30)17-10-7-13-28(15-17)22-18-11-6-12-19(18)25-21(26-22)16-8-4-3-5-9-16/h3-5,8-9,17H,6-7,10-15H2,1-2H3,(H,24,30). The van der Waals surface area contributed by atoms with Crippen LogP contribution in [-0.2, 0) is 22.4 Å². The molecular weight excluding hydrogens is 378 g/mol. The van der Waals surface area contributed by atoms with Crippen LogP contribution in [0.1, 0.15) is 30.5 Å². The minimum absolute atomic E-state index is 0.0450. The highest BCUT2D eigenvalue weighted by atomic mass is 16.2. The van der Waals surface area contributed by atoms with Crippen LogP contribution in [0, 0.1) is 5.92 Å². The van der Waals surface area contributed by atoms with E-state index >= 15 is 0 Å². The summed E-state index contributed by atoms with van der Waals surface area (Å²) in [4.78, 5) is 38.0. The van der Waals surface area contributed by atoms with Gasteiger partial charge in [0.05, 0.1) is 12.5 Å². The molecule has 4 rings (SSSR count). The number of nitrogens with zero attached hydrogens (tertiary/aromatic N) is 4. The Labute approximate surface area is 177 Å². The Kier molecular flexibility index (Phi) is 5.97. The molecule has 0 bridgehead atoms. The maximum Gasteiger partial charge on any atom is 0.241 e. The van der Waals surface area contributed by atoms with Gasteiger partial charge < -0.3 is 15.1 Å². The van der Waals surface area contributed by atoms with E-state index < -0.39 is 0 Å². The SMILES string of the molecule is CN(C)C(=O)CNC(=O)C1CCCN(c2nc(-c3ccccc3)nc3c2CCC3)C1. The van der Waals surface area contributed by atoms with Gasteiger partial charge in [-0.2, -0.15) is 0 Å². The van der Waals surface area contributed by atoms with Gasteiger partial charge in [-0.25, -0.2) is 9.97 Å². The van der Waals surface area contributed by atoms with Crippen LogP contribution in [0.3, 0.4) is 0 Å². The second-order valence-corrected chi connectivity index (χ2v) is 8.31. The van der Waals surface area contributed by atoms with Crippen LogP contribution in [0.5, 0.6) is 0 Å². The molecule has 2 aromatic rings. The van der Waals surface area contributed by atoms with Gasteiger partial charge in [-0.3, -0.25) is 9.59 Å². The molecule has 30 heavy (non-hydrogen) atoms. The van der Waals surface area contributed by atoms with Crippen molar-refractivity contribution in [1.82, 2.24) is 20.2 Å². The molecule has 0 radical (unpaired) electrons. The number of anilines is 1. The van der Waals surface area contributed by atoms with Crippen molar-refractivity contribution < 1.29 is 9.59 Å². The van der Waals surface area contributed by atoms with Crippen LogP contribution in [0.2, 0.25) is 0 Å². The molecule has 1 aliphatic heterocycles. The molecule has 2 amide bonds. The maximum atomic E-state index is 12.7. The van der Waals surface area contributed by atoms with Crippen LogP contribution < -0.4 is 10.2 Å². The average Bonchev–Trinajstić information content (AvgIpc) is 3.26. The number of aryl methyl sites for hydroxylation is 1. The number of amides is 2. The first-order valence-corrected chi connectivity index (χ1v) is 10.7. The van der Waals surface area contributed by atoms with E-state index in [1.54, 1.807) is 14.1 Å². The molecule has 1 unspecified atom stereocenters. The van der Waals surface area contributed by atoms with Crippen molar-refractivity contribution in [2.24, 2.45) is 5.92 Å². The number of benzene rings is 1. The topological polar surface area (TPSA) is 78.4 Å². The number of carbonyl (C=O) groups is 2. The van der Waals surface area contributed by atoms with E-state index in [9.17, 15) is 9.59 Å². The van der Waals surface area contributed by atoms with E-state index in [1.807, 2.05) is 30.3 Å². The molecule has 1 aromatic heterocycles. The molecule has 1 fully saturated rings. The molecule has 2 heterocycles. The van der Waals surface area contributed by atoms with E-state index in [0.717, 1.165) is 61.5 Å². The molecule has 1 N–H and O–H groups in total. The molecular formula is C23H29N5O2. The first-order chi connectivity index (χ1) is 14.5. The summed E-state index contributed by atoms with van der Waals surface area (Å²) in [7, 11) is 3.38. The van der Waals surface area contributed by atoms with Crippen LogP contribution in [0.4, 0.5) is 5.82 Å². The average molecular weight is 408 g/mol. The summed E-state index contributed by atoms with van der Waals surface area (Å²) in [5.74, 6) is 1.45. The van der Waals surface area contributed by atoms with Gasteiger partial charge in [0.2, 0.25) is 11.8 Å². The van der Waals surface area contributed by atoms with Crippen LogP contribution >= 0.6 is 0 Å². The van der Waals surface area contributed by atoms with Crippen LogP contribution in [-0.4, -0.2) is 60.4 Å². The largest absolute Gasteiger partial charge is 0.355 e. The molecule has 1 aliphatic carbocycles. The van der Waals surface area contributed by atoms with E-state index in [0.29, 0.717) is 6.54 Å². The first kappa shape index (κ1) is 20.3. The Bertz CT molecular complexity index is 929. The summed E-state index contributed by atoms with van der Waals surface area (Å²) in [5.41, 5.74) is 3.39. The van der Waals surface area contributed by atoms with Gasteiger partial charge in [-0.05, 0) is 32.1 Å². The predicted octanol–water partition coefficient (Wildman–Crippen LogP) is 2.05. The summed E-state index contributed by atoms with van der Waals surface area (Å²) < 4.78 is 0. The van der Waals surface area contributed by atoms with Gasteiger partial charge in [0.15, 0.2) is 5.82 Å². The second kappa shape index (κ2) is 8.81. The van der Waals surface area contributed by atoms with E-state index in [1.165, 1.54) is 10.5 Å². The Balaban J connectivity index is 1.54. The van der Waals surface area contributed by atoms with Gasteiger partial charge in [-0.15, -0.1) is 0 Å². The third-order valence-corrected chi connectivity index (χ3v) is 5.95. The number of fused-ring (bicyclic) bond motifs is 1. The number of rotatable bonds is 5.